The van der Waals surface area contributed by atoms with E-state index in [4.69, 9.17) is 5.73 Å². The number of hydrogen-bond acceptors (Lipinski definition) is 4. The van der Waals surface area contributed by atoms with Gasteiger partial charge in [0.25, 0.3) is 0 Å². The molecule has 2 N–H and O–H groups in total. The molecule has 7 heteroatoms. The fourth-order valence-electron chi connectivity index (χ4n) is 1.32. The number of pyridine rings is 1. The van der Waals surface area contributed by atoms with E-state index in [1.54, 1.807) is 6.20 Å². The largest absolute Gasteiger partial charge is 0.433 e. The van der Waals surface area contributed by atoms with Crippen molar-refractivity contribution in [2.45, 2.75) is 19.1 Å². The Kier molecular flexibility index (Phi) is 3.36. The van der Waals surface area contributed by atoms with Crippen LogP contribution in [0.1, 0.15) is 23.5 Å². The van der Waals surface area contributed by atoms with E-state index in [1.165, 1.54) is 23.6 Å². The third kappa shape index (κ3) is 2.68. The van der Waals surface area contributed by atoms with Gasteiger partial charge in [-0.1, -0.05) is 0 Å². The topological polar surface area (TPSA) is 51.8 Å². The molecule has 1 atom stereocenters. The normalized spacial score (nSPS) is 13.6. The summed E-state index contributed by atoms with van der Waals surface area (Å²) >= 11 is 1.35. The molecule has 0 bridgehead atoms. The van der Waals surface area contributed by atoms with E-state index in [1.807, 2.05) is 6.92 Å². The molecule has 2 aromatic heterocycles. The quantitative estimate of drug-likeness (QED) is 0.913. The monoisotopic (exact) mass is 273 g/mol. The molecule has 0 aliphatic carbocycles. The summed E-state index contributed by atoms with van der Waals surface area (Å²) in [4.78, 5) is 8.39. The van der Waals surface area contributed by atoms with Crippen molar-refractivity contribution in [3.63, 3.8) is 0 Å². The Morgan fingerprint density at radius 1 is 1.22 bits per heavy atom. The van der Waals surface area contributed by atoms with Gasteiger partial charge < -0.3 is 5.73 Å². The van der Waals surface area contributed by atoms with Crippen LogP contribution in [0.2, 0.25) is 0 Å². The first-order valence-electron chi connectivity index (χ1n) is 5.13. The Hall–Kier alpha value is -1.47. The molecule has 0 fully saturated rings. The summed E-state index contributed by atoms with van der Waals surface area (Å²) < 4.78 is 37.0. The second-order valence-electron chi connectivity index (χ2n) is 3.79. The number of hydrogen-bond donors (Lipinski definition) is 1. The molecule has 3 nitrogen and oxygen atoms in total. The maximum absolute atomic E-state index is 12.3. The average molecular weight is 273 g/mol. The molecule has 0 aliphatic rings. The van der Waals surface area contributed by atoms with E-state index in [2.05, 4.69) is 9.97 Å². The zero-order valence-electron chi connectivity index (χ0n) is 9.40. The van der Waals surface area contributed by atoms with Crippen molar-refractivity contribution in [1.82, 2.24) is 9.97 Å². The minimum atomic E-state index is -4.42. The lowest BCUT2D eigenvalue weighted by Crippen LogP contribution is -2.07. The maximum atomic E-state index is 12.3. The SMILES string of the molecule is C[C@H](N)c1cnc(-c2ccc(C(F)(F)F)nc2)s1. The van der Waals surface area contributed by atoms with Crippen molar-refractivity contribution in [2.75, 3.05) is 0 Å². The molecule has 2 aromatic rings. The Morgan fingerprint density at radius 3 is 2.39 bits per heavy atom. The third-order valence-electron chi connectivity index (χ3n) is 2.27. The van der Waals surface area contributed by atoms with Gasteiger partial charge in [0.15, 0.2) is 0 Å². The fourth-order valence-corrected chi connectivity index (χ4v) is 2.18. The molecule has 2 heterocycles. The number of alkyl halides is 3. The van der Waals surface area contributed by atoms with Crippen LogP contribution in [0, 0.1) is 0 Å². The van der Waals surface area contributed by atoms with Crippen LogP contribution >= 0.6 is 11.3 Å². The van der Waals surface area contributed by atoms with Gasteiger partial charge in [-0.3, -0.25) is 4.98 Å². The van der Waals surface area contributed by atoms with Gasteiger partial charge in [0.2, 0.25) is 0 Å². The van der Waals surface area contributed by atoms with Crippen molar-refractivity contribution in [2.24, 2.45) is 5.73 Å². The molecule has 0 spiro atoms. The van der Waals surface area contributed by atoms with Gasteiger partial charge >= 0.3 is 6.18 Å². The summed E-state index contributed by atoms with van der Waals surface area (Å²) in [5.74, 6) is 0. The molecule has 0 saturated carbocycles. The molecule has 0 saturated heterocycles. The molecule has 0 aliphatic heterocycles. The second kappa shape index (κ2) is 4.66. The number of rotatable bonds is 2. The van der Waals surface area contributed by atoms with E-state index < -0.39 is 11.9 Å². The van der Waals surface area contributed by atoms with Crippen LogP contribution in [0.3, 0.4) is 0 Å². The highest BCUT2D eigenvalue weighted by atomic mass is 32.1. The molecule has 0 radical (unpaired) electrons. The van der Waals surface area contributed by atoms with E-state index in [-0.39, 0.29) is 6.04 Å². The van der Waals surface area contributed by atoms with Gasteiger partial charge in [-0.2, -0.15) is 13.2 Å². The van der Waals surface area contributed by atoms with Crippen LogP contribution in [0.5, 0.6) is 0 Å². The van der Waals surface area contributed by atoms with E-state index in [0.717, 1.165) is 10.9 Å². The second-order valence-corrected chi connectivity index (χ2v) is 4.85. The van der Waals surface area contributed by atoms with Gasteiger partial charge in [0, 0.05) is 28.9 Å². The van der Waals surface area contributed by atoms with Crippen LogP contribution in [-0.2, 0) is 6.18 Å². The standard InChI is InChI=1S/C11H10F3N3S/c1-6(15)8-5-17-10(18-8)7-2-3-9(16-4-7)11(12,13)14/h2-6H,15H2,1H3/t6-/m0/s1. The van der Waals surface area contributed by atoms with Crippen molar-refractivity contribution < 1.29 is 13.2 Å². The summed E-state index contributed by atoms with van der Waals surface area (Å²) in [6.07, 6.45) is -1.62. The van der Waals surface area contributed by atoms with Crippen LogP contribution in [0.15, 0.2) is 24.5 Å². The molecule has 18 heavy (non-hydrogen) atoms. The van der Waals surface area contributed by atoms with Crippen molar-refractivity contribution in [3.8, 4) is 10.6 Å². The number of nitrogens with two attached hydrogens (primary N) is 1. The molecular formula is C11H10F3N3S. The van der Waals surface area contributed by atoms with Crippen molar-refractivity contribution in [3.05, 3.63) is 35.1 Å². The van der Waals surface area contributed by atoms with Crippen LogP contribution < -0.4 is 5.73 Å². The lowest BCUT2D eigenvalue weighted by atomic mass is 10.2. The predicted molar refractivity (Wildman–Crippen MR) is 62.9 cm³/mol. The summed E-state index contributed by atoms with van der Waals surface area (Å²) in [6, 6.07) is 2.17. The van der Waals surface area contributed by atoms with Crippen LogP contribution in [0.25, 0.3) is 10.6 Å². The first-order valence-corrected chi connectivity index (χ1v) is 5.94. The highest BCUT2D eigenvalue weighted by Gasteiger charge is 2.32. The summed E-state index contributed by atoms with van der Waals surface area (Å²) in [7, 11) is 0. The molecule has 96 valence electrons. The van der Waals surface area contributed by atoms with E-state index >= 15 is 0 Å². The lowest BCUT2D eigenvalue weighted by Gasteiger charge is -2.05. The number of nitrogens with zero attached hydrogens (tertiary/aromatic N) is 2. The van der Waals surface area contributed by atoms with Crippen molar-refractivity contribution in [1.29, 1.82) is 0 Å². The minimum Gasteiger partial charge on any atom is -0.323 e. The van der Waals surface area contributed by atoms with E-state index in [9.17, 15) is 13.2 Å². The maximum Gasteiger partial charge on any atom is 0.433 e. The summed E-state index contributed by atoms with van der Waals surface area (Å²) in [5.41, 5.74) is 5.34. The minimum absolute atomic E-state index is 0.140. The Bertz CT molecular complexity index is 531. The Morgan fingerprint density at radius 2 is 1.94 bits per heavy atom. The highest BCUT2D eigenvalue weighted by molar-refractivity contribution is 7.15. The van der Waals surface area contributed by atoms with Gasteiger partial charge in [0.05, 0.1) is 0 Å². The molecule has 0 amide bonds. The number of aromatic nitrogens is 2. The molecule has 0 unspecified atom stereocenters. The van der Waals surface area contributed by atoms with Crippen LogP contribution in [0.4, 0.5) is 13.2 Å². The van der Waals surface area contributed by atoms with Gasteiger partial charge in [-0.05, 0) is 19.1 Å². The lowest BCUT2D eigenvalue weighted by molar-refractivity contribution is -0.141. The zero-order valence-corrected chi connectivity index (χ0v) is 10.2. The van der Waals surface area contributed by atoms with Crippen LogP contribution in [-0.4, -0.2) is 9.97 Å². The number of thiazole rings is 1. The first kappa shape index (κ1) is 13.0. The predicted octanol–water partition coefficient (Wildman–Crippen LogP) is 3.24. The first-order chi connectivity index (χ1) is 8.38. The molecule has 2 rings (SSSR count). The third-order valence-corrected chi connectivity index (χ3v) is 3.52. The summed E-state index contributed by atoms with van der Waals surface area (Å²) in [5, 5.41) is 0.614. The summed E-state index contributed by atoms with van der Waals surface area (Å²) in [6.45, 7) is 1.82. The smallest absolute Gasteiger partial charge is 0.323 e. The molecule has 0 aromatic carbocycles. The molecular weight excluding hydrogens is 263 g/mol. The Labute approximate surface area is 105 Å². The van der Waals surface area contributed by atoms with Crippen molar-refractivity contribution >= 4 is 11.3 Å². The van der Waals surface area contributed by atoms with Gasteiger partial charge in [-0.15, -0.1) is 11.3 Å². The fraction of sp³-hybridized carbons (Fsp3) is 0.273. The highest BCUT2D eigenvalue weighted by Crippen LogP contribution is 2.31. The average Bonchev–Trinajstić information content (AvgIpc) is 2.77. The van der Waals surface area contributed by atoms with Gasteiger partial charge in [-0.25, -0.2) is 4.98 Å². The zero-order chi connectivity index (χ0) is 13.3. The van der Waals surface area contributed by atoms with Gasteiger partial charge in [0.1, 0.15) is 10.7 Å². The van der Waals surface area contributed by atoms with E-state index in [0.29, 0.717) is 10.6 Å². The number of halogens is 3. The Balaban J connectivity index is 2.29.